The lowest BCUT2D eigenvalue weighted by molar-refractivity contribution is 0.0184. The molecule has 0 unspecified atom stereocenters. The zero-order valence-corrected chi connectivity index (χ0v) is 17.7. The topological polar surface area (TPSA) is 71.5 Å². The second kappa shape index (κ2) is 9.24. The Bertz CT molecular complexity index is 885. The van der Waals surface area contributed by atoms with Gasteiger partial charge in [-0.1, -0.05) is 6.07 Å². The van der Waals surface area contributed by atoms with E-state index in [1.165, 1.54) is 24.3 Å². The van der Waals surface area contributed by atoms with Crippen molar-refractivity contribution in [2.75, 3.05) is 18.4 Å². The van der Waals surface area contributed by atoms with Crippen LogP contribution in [0.15, 0.2) is 42.5 Å². The number of ether oxygens (including phenoxy) is 1. The highest BCUT2D eigenvalue weighted by Gasteiger charge is 2.27. The maximum atomic E-state index is 13.0. The number of pyridine rings is 1. The number of piperidine rings is 1. The van der Waals surface area contributed by atoms with Gasteiger partial charge in [0, 0.05) is 24.3 Å². The van der Waals surface area contributed by atoms with Gasteiger partial charge in [0.25, 0.3) is 5.91 Å². The van der Waals surface area contributed by atoms with E-state index in [0.717, 1.165) is 25.0 Å². The summed E-state index contributed by atoms with van der Waals surface area (Å²) in [6.07, 6.45) is 2.28. The lowest BCUT2D eigenvalue weighted by Gasteiger charge is -2.33. The number of rotatable bonds is 4. The third-order valence-electron chi connectivity index (χ3n) is 4.92. The van der Waals surface area contributed by atoms with E-state index in [4.69, 9.17) is 4.74 Å². The van der Waals surface area contributed by atoms with Gasteiger partial charge in [-0.15, -0.1) is 0 Å². The van der Waals surface area contributed by atoms with Crippen LogP contribution < -0.4 is 5.32 Å². The van der Waals surface area contributed by atoms with Crippen molar-refractivity contribution in [3.63, 3.8) is 0 Å². The first-order valence-electron chi connectivity index (χ1n) is 10.2. The fraction of sp³-hybridized carbons (Fsp3) is 0.435. The van der Waals surface area contributed by atoms with Crippen molar-refractivity contribution in [1.82, 2.24) is 9.88 Å². The quantitative estimate of drug-likeness (QED) is 0.791. The van der Waals surface area contributed by atoms with Crippen LogP contribution in [0.5, 0.6) is 0 Å². The van der Waals surface area contributed by atoms with Crippen LogP contribution >= 0.6 is 0 Å². The molecule has 1 fully saturated rings. The third kappa shape index (κ3) is 6.27. The predicted octanol–water partition coefficient (Wildman–Crippen LogP) is 4.66. The van der Waals surface area contributed by atoms with Gasteiger partial charge in [-0.2, -0.15) is 0 Å². The van der Waals surface area contributed by atoms with E-state index in [2.05, 4.69) is 10.3 Å². The second-order valence-electron chi connectivity index (χ2n) is 8.59. The maximum absolute atomic E-state index is 13.0. The van der Waals surface area contributed by atoms with Crippen molar-refractivity contribution in [2.45, 2.75) is 45.6 Å². The molecule has 6 nitrogen and oxygen atoms in total. The van der Waals surface area contributed by atoms with Gasteiger partial charge < -0.3 is 15.0 Å². The van der Waals surface area contributed by atoms with Crippen molar-refractivity contribution in [1.29, 1.82) is 0 Å². The number of hydrogen-bond acceptors (Lipinski definition) is 4. The molecule has 1 aromatic carbocycles. The van der Waals surface area contributed by atoms with E-state index < -0.39 is 5.60 Å². The molecule has 0 saturated carbocycles. The zero-order valence-electron chi connectivity index (χ0n) is 17.7. The standard InChI is InChI=1S/C23H28FN3O3/c1-23(2,3)30-22(29)27-13-11-16(12-14-27)15-19-5-4-6-20(25-19)26-21(28)17-7-9-18(24)10-8-17/h4-10,16H,11-15H2,1-3H3,(H,25,26,28). The van der Waals surface area contributed by atoms with Gasteiger partial charge in [0.05, 0.1) is 0 Å². The van der Waals surface area contributed by atoms with Crippen LogP contribution in [0.2, 0.25) is 0 Å². The predicted molar refractivity (Wildman–Crippen MR) is 113 cm³/mol. The summed E-state index contributed by atoms with van der Waals surface area (Å²) < 4.78 is 18.5. The number of benzene rings is 1. The number of carbonyl (C=O) groups is 2. The highest BCUT2D eigenvalue weighted by atomic mass is 19.1. The average molecular weight is 413 g/mol. The van der Waals surface area contributed by atoms with E-state index in [1.807, 2.05) is 32.9 Å². The molecule has 2 amide bonds. The van der Waals surface area contributed by atoms with E-state index in [1.54, 1.807) is 11.0 Å². The van der Waals surface area contributed by atoms with Crippen LogP contribution in [0.25, 0.3) is 0 Å². The normalized spacial score (nSPS) is 15.0. The molecular formula is C23H28FN3O3. The molecule has 1 aliphatic rings. The first kappa shape index (κ1) is 21.7. The lowest BCUT2D eigenvalue weighted by Crippen LogP contribution is -2.42. The van der Waals surface area contributed by atoms with Gasteiger partial charge in [0.2, 0.25) is 0 Å². The van der Waals surface area contributed by atoms with Crippen molar-refractivity contribution in [2.24, 2.45) is 5.92 Å². The maximum Gasteiger partial charge on any atom is 0.410 e. The van der Waals surface area contributed by atoms with Gasteiger partial charge in [0.1, 0.15) is 17.2 Å². The van der Waals surface area contributed by atoms with Crippen LogP contribution in [0.4, 0.5) is 15.0 Å². The molecule has 0 bridgehead atoms. The monoisotopic (exact) mass is 413 g/mol. The van der Waals surface area contributed by atoms with Crippen LogP contribution in [-0.4, -0.2) is 40.6 Å². The molecule has 0 radical (unpaired) electrons. The molecule has 2 aromatic rings. The molecule has 3 rings (SSSR count). The van der Waals surface area contributed by atoms with Gasteiger partial charge in [-0.3, -0.25) is 4.79 Å². The minimum absolute atomic E-state index is 0.260. The Morgan fingerprint density at radius 1 is 1.13 bits per heavy atom. The zero-order chi connectivity index (χ0) is 21.7. The number of amides is 2. The van der Waals surface area contributed by atoms with Crippen LogP contribution in [0, 0.1) is 11.7 Å². The summed E-state index contributed by atoms with van der Waals surface area (Å²) in [5.41, 5.74) is 0.775. The molecule has 1 N–H and O–H groups in total. The molecule has 1 aromatic heterocycles. The van der Waals surface area contributed by atoms with Gasteiger partial charge in [-0.05, 0) is 82.3 Å². The van der Waals surface area contributed by atoms with Crippen molar-refractivity contribution in [3.05, 3.63) is 59.5 Å². The number of hydrogen-bond donors (Lipinski definition) is 1. The van der Waals surface area contributed by atoms with Crippen LogP contribution in [-0.2, 0) is 11.2 Å². The minimum atomic E-state index is -0.489. The Morgan fingerprint density at radius 3 is 2.43 bits per heavy atom. The lowest BCUT2D eigenvalue weighted by atomic mass is 9.92. The van der Waals surface area contributed by atoms with Gasteiger partial charge >= 0.3 is 6.09 Å². The van der Waals surface area contributed by atoms with Crippen molar-refractivity contribution < 1.29 is 18.7 Å². The minimum Gasteiger partial charge on any atom is -0.444 e. The smallest absolute Gasteiger partial charge is 0.410 e. The summed E-state index contributed by atoms with van der Waals surface area (Å²) in [6.45, 7) is 6.93. The second-order valence-corrected chi connectivity index (χ2v) is 8.59. The Balaban J connectivity index is 1.53. The Hall–Kier alpha value is -2.96. The molecule has 7 heteroatoms. The van der Waals surface area contributed by atoms with E-state index in [0.29, 0.717) is 30.4 Å². The summed E-state index contributed by atoms with van der Waals surface area (Å²) in [4.78, 5) is 30.8. The number of likely N-dealkylation sites (tertiary alicyclic amines) is 1. The number of carbonyl (C=O) groups excluding carboxylic acids is 2. The number of nitrogens with one attached hydrogen (secondary N) is 1. The molecule has 30 heavy (non-hydrogen) atoms. The molecular weight excluding hydrogens is 385 g/mol. The van der Waals surface area contributed by atoms with Crippen molar-refractivity contribution in [3.8, 4) is 0 Å². The molecule has 1 aliphatic heterocycles. The summed E-state index contributed by atoms with van der Waals surface area (Å²) >= 11 is 0. The van der Waals surface area contributed by atoms with Crippen molar-refractivity contribution >= 4 is 17.8 Å². The van der Waals surface area contributed by atoms with E-state index in [9.17, 15) is 14.0 Å². The van der Waals surface area contributed by atoms with E-state index >= 15 is 0 Å². The van der Waals surface area contributed by atoms with Crippen LogP contribution in [0.3, 0.4) is 0 Å². The Kier molecular flexibility index (Phi) is 6.70. The number of nitrogens with zero attached hydrogens (tertiary/aromatic N) is 2. The fourth-order valence-electron chi connectivity index (χ4n) is 3.39. The highest BCUT2D eigenvalue weighted by molar-refractivity contribution is 6.03. The first-order valence-corrected chi connectivity index (χ1v) is 10.2. The van der Waals surface area contributed by atoms with Gasteiger partial charge in [0.15, 0.2) is 0 Å². The Labute approximate surface area is 176 Å². The molecule has 160 valence electrons. The average Bonchev–Trinajstić information content (AvgIpc) is 2.68. The fourth-order valence-corrected chi connectivity index (χ4v) is 3.39. The number of halogens is 1. The Morgan fingerprint density at radius 2 is 1.80 bits per heavy atom. The molecule has 2 heterocycles. The molecule has 0 atom stereocenters. The number of anilines is 1. The summed E-state index contributed by atoms with van der Waals surface area (Å²) in [5.74, 6) is 0.168. The van der Waals surface area contributed by atoms with Crippen LogP contribution in [0.1, 0.15) is 49.7 Å². The molecule has 0 spiro atoms. The first-order chi connectivity index (χ1) is 14.2. The molecule has 0 aliphatic carbocycles. The summed E-state index contributed by atoms with van der Waals surface area (Å²) in [5, 5.41) is 2.76. The number of aromatic nitrogens is 1. The summed E-state index contributed by atoms with van der Waals surface area (Å²) in [6, 6.07) is 10.9. The van der Waals surface area contributed by atoms with Gasteiger partial charge in [-0.25, -0.2) is 14.2 Å². The summed E-state index contributed by atoms with van der Waals surface area (Å²) in [7, 11) is 0. The largest absolute Gasteiger partial charge is 0.444 e. The third-order valence-corrected chi connectivity index (χ3v) is 4.92. The highest BCUT2D eigenvalue weighted by Crippen LogP contribution is 2.23. The SMILES string of the molecule is CC(C)(C)OC(=O)N1CCC(Cc2cccc(NC(=O)c3ccc(F)cc3)n2)CC1. The molecule has 1 saturated heterocycles. The van der Waals surface area contributed by atoms with E-state index in [-0.39, 0.29) is 17.8 Å².